The normalized spacial score (nSPS) is 12.0. The number of aromatic nitrogens is 1. The minimum atomic E-state index is -0.725. The number of hydrogen-bond donors (Lipinski definition) is 1. The summed E-state index contributed by atoms with van der Waals surface area (Å²) >= 11 is 7.03. The Bertz CT molecular complexity index is 419. The van der Waals surface area contributed by atoms with E-state index >= 15 is 0 Å². The largest absolute Gasteiger partial charge is 0.324 e. The number of urea groups is 1. The Balaban J connectivity index is 2.53. The molecule has 0 saturated carbocycles. The first-order valence-corrected chi connectivity index (χ1v) is 6.32. The molecular formula is C10H14ClN3O2S. The van der Waals surface area contributed by atoms with E-state index in [2.05, 4.69) is 10.3 Å². The highest BCUT2D eigenvalue weighted by molar-refractivity contribution is 7.09. The highest BCUT2D eigenvalue weighted by Crippen LogP contribution is 2.14. The summed E-state index contributed by atoms with van der Waals surface area (Å²) in [4.78, 5) is 29.3. The van der Waals surface area contributed by atoms with Gasteiger partial charge in [-0.25, -0.2) is 9.78 Å². The predicted molar refractivity (Wildman–Crippen MR) is 67.2 cm³/mol. The van der Waals surface area contributed by atoms with E-state index in [1.165, 1.54) is 23.2 Å². The van der Waals surface area contributed by atoms with Crippen molar-refractivity contribution in [1.29, 1.82) is 0 Å². The second-order valence-electron chi connectivity index (χ2n) is 3.63. The summed E-state index contributed by atoms with van der Waals surface area (Å²) in [6.45, 7) is 3.81. The predicted octanol–water partition coefficient (Wildman–Crippen LogP) is 1.75. The molecule has 0 saturated heterocycles. The molecule has 0 aliphatic rings. The third-order valence-corrected chi connectivity index (χ3v) is 3.28. The number of halogens is 1. The average molecular weight is 276 g/mol. The van der Waals surface area contributed by atoms with Crippen molar-refractivity contribution in [2.75, 3.05) is 7.05 Å². The van der Waals surface area contributed by atoms with Gasteiger partial charge in [0.15, 0.2) is 0 Å². The van der Waals surface area contributed by atoms with Crippen molar-refractivity contribution in [3.05, 3.63) is 16.1 Å². The molecule has 0 aliphatic heterocycles. The zero-order chi connectivity index (χ0) is 13.0. The van der Waals surface area contributed by atoms with Crippen LogP contribution in [0.15, 0.2) is 5.51 Å². The summed E-state index contributed by atoms with van der Waals surface area (Å²) in [5.74, 6) is -0.496. The van der Waals surface area contributed by atoms with Gasteiger partial charge in [0.05, 0.1) is 17.7 Å². The molecule has 0 aliphatic carbocycles. The molecule has 0 fully saturated rings. The van der Waals surface area contributed by atoms with Crippen LogP contribution in [0.25, 0.3) is 0 Å². The first kappa shape index (κ1) is 13.9. The van der Waals surface area contributed by atoms with Crippen LogP contribution in [0.2, 0.25) is 0 Å². The lowest BCUT2D eigenvalue weighted by Gasteiger charge is -2.17. The number of amides is 3. The number of carbonyl (C=O) groups is 2. The van der Waals surface area contributed by atoms with Crippen molar-refractivity contribution in [1.82, 2.24) is 15.2 Å². The first-order valence-electron chi connectivity index (χ1n) is 5.00. The van der Waals surface area contributed by atoms with E-state index < -0.39 is 17.3 Å². The van der Waals surface area contributed by atoms with Crippen LogP contribution >= 0.6 is 22.9 Å². The van der Waals surface area contributed by atoms with Crippen LogP contribution in [0.5, 0.6) is 0 Å². The van der Waals surface area contributed by atoms with Gasteiger partial charge < -0.3 is 4.90 Å². The molecule has 1 aromatic heterocycles. The Labute approximate surface area is 109 Å². The Morgan fingerprint density at radius 3 is 2.76 bits per heavy atom. The molecule has 94 valence electrons. The standard InChI is InChI=1S/C10H14ClN3O2S/c1-6(11)9(15)13-10(16)14(3)4-8-7(2)12-5-17-8/h5-6H,4H2,1-3H3,(H,13,15,16). The van der Waals surface area contributed by atoms with E-state index in [1.807, 2.05) is 6.92 Å². The number of hydrogen-bond acceptors (Lipinski definition) is 4. The fraction of sp³-hybridized carbons (Fsp3) is 0.500. The van der Waals surface area contributed by atoms with Crippen molar-refractivity contribution in [3.63, 3.8) is 0 Å². The van der Waals surface area contributed by atoms with Gasteiger partial charge >= 0.3 is 6.03 Å². The highest BCUT2D eigenvalue weighted by Gasteiger charge is 2.17. The molecule has 17 heavy (non-hydrogen) atoms. The number of nitrogens with one attached hydrogen (secondary N) is 1. The summed E-state index contributed by atoms with van der Waals surface area (Å²) < 4.78 is 0. The molecule has 1 rings (SSSR count). The minimum Gasteiger partial charge on any atom is -0.322 e. The number of carbonyl (C=O) groups excluding carboxylic acids is 2. The molecular weight excluding hydrogens is 262 g/mol. The summed E-state index contributed by atoms with van der Waals surface area (Å²) in [6, 6.07) is -0.463. The molecule has 7 heteroatoms. The molecule has 3 amide bonds. The van der Waals surface area contributed by atoms with Crippen LogP contribution in [0.3, 0.4) is 0 Å². The molecule has 0 bridgehead atoms. The number of rotatable bonds is 3. The van der Waals surface area contributed by atoms with Gasteiger partial charge in [-0.15, -0.1) is 22.9 Å². The molecule has 1 aromatic rings. The summed E-state index contributed by atoms with van der Waals surface area (Å²) in [6.07, 6.45) is 0. The van der Waals surface area contributed by atoms with E-state index in [1.54, 1.807) is 12.6 Å². The number of aryl methyl sites for hydroxylation is 1. The van der Waals surface area contributed by atoms with Crippen LogP contribution in [0.4, 0.5) is 4.79 Å². The maximum atomic E-state index is 11.6. The minimum absolute atomic E-state index is 0.423. The van der Waals surface area contributed by atoms with Crippen molar-refractivity contribution in [2.24, 2.45) is 0 Å². The van der Waals surface area contributed by atoms with Gasteiger partial charge in [0.2, 0.25) is 5.91 Å². The number of thiazole rings is 1. The smallest absolute Gasteiger partial charge is 0.322 e. The zero-order valence-corrected chi connectivity index (χ0v) is 11.4. The van der Waals surface area contributed by atoms with Crippen LogP contribution < -0.4 is 5.32 Å². The van der Waals surface area contributed by atoms with Crippen molar-refractivity contribution in [3.8, 4) is 0 Å². The molecule has 1 atom stereocenters. The third-order valence-electron chi connectivity index (χ3n) is 2.16. The van der Waals surface area contributed by atoms with Gasteiger partial charge in [-0.05, 0) is 13.8 Å². The Morgan fingerprint density at radius 1 is 1.65 bits per heavy atom. The van der Waals surface area contributed by atoms with Crippen molar-refractivity contribution < 1.29 is 9.59 Å². The topological polar surface area (TPSA) is 62.3 Å². The van der Waals surface area contributed by atoms with Crippen LogP contribution in [-0.4, -0.2) is 34.2 Å². The monoisotopic (exact) mass is 275 g/mol. The van der Waals surface area contributed by atoms with Crippen molar-refractivity contribution in [2.45, 2.75) is 25.8 Å². The molecule has 1 heterocycles. The van der Waals surface area contributed by atoms with E-state index in [-0.39, 0.29) is 0 Å². The van der Waals surface area contributed by atoms with Gasteiger partial charge in [0.25, 0.3) is 0 Å². The Morgan fingerprint density at radius 2 is 2.29 bits per heavy atom. The number of nitrogens with zero attached hydrogens (tertiary/aromatic N) is 2. The fourth-order valence-corrected chi connectivity index (χ4v) is 1.95. The average Bonchev–Trinajstić information content (AvgIpc) is 2.64. The Kier molecular flexibility index (Phi) is 4.89. The Hall–Kier alpha value is -1.14. The third kappa shape index (κ3) is 3.98. The van der Waals surface area contributed by atoms with E-state index in [0.717, 1.165) is 10.6 Å². The van der Waals surface area contributed by atoms with Gasteiger partial charge in [0, 0.05) is 11.9 Å². The van der Waals surface area contributed by atoms with E-state index in [0.29, 0.717) is 6.54 Å². The molecule has 0 radical (unpaired) electrons. The zero-order valence-electron chi connectivity index (χ0n) is 9.86. The van der Waals surface area contributed by atoms with E-state index in [9.17, 15) is 9.59 Å². The second-order valence-corrected chi connectivity index (χ2v) is 5.22. The summed E-state index contributed by atoms with van der Waals surface area (Å²) in [7, 11) is 1.61. The molecule has 5 nitrogen and oxygen atoms in total. The highest BCUT2D eigenvalue weighted by atomic mass is 35.5. The van der Waals surface area contributed by atoms with Crippen LogP contribution in [-0.2, 0) is 11.3 Å². The molecule has 0 spiro atoms. The number of alkyl halides is 1. The molecule has 1 N–H and O–H groups in total. The van der Waals surface area contributed by atoms with Gasteiger partial charge in [-0.2, -0.15) is 0 Å². The van der Waals surface area contributed by atoms with Gasteiger partial charge in [0.1, 0.15) is 5.38 Å². The summed E-state index contributed by atoms with van der Waals surface area (Å²) in [5, 5.41) is 1.49. The van der Waals surface area contributed by atoms with Crippen LogP contribution in [0.1, 0.15) is 17.5 Å². The summed E-state index contributed by atoms with van der Waals surface area (Å²) in [5.41, 5.74) is 2.62. The fourth-order valence-electron chi connectivity index (χ4n) is 1.07. The second kappa shape index (κ2) is 5.97. The van der Waals surface area contributed by atoms with Crippen molar-refractivity contribution >= 4 is 34.9 Å². The van der Waals surface area contributed by atoms with Gasteiger partial charge in [-0.3, -0.25) is 10.1 Å². The van der Waals surface area contributed by atoms with Gasteiger partial charge in [-0.1, -0.05) is 0 Å². The molecule has 0 aromatic carbocycles. The lowest BCUT2D eigenvalue weighted by molar-refractivity contribution is -0.119. The lowest BCUT2D eigenvalue weighted by atomic mass is 10.4. The lowest BCUT2D eigenvalue weighted by Crippen LogP contribution is -2.42. The maximum Gasteiger partial charge on any atom is 0.324 e. The van der Waals surface area contributed by atoms with E-state index in [4.69, 9.17) is 11.6 Å². The SMILES string of the molecule is Cc1ncsc1CN(C)C(=O)NC(=O)C(C)Cl. The quantitative estimate of drug-likeness (QED) is 0.855. The number of imide groups is 1. The molecule has 1 unspecified atom stereocenters. The maximum absolute atomic E-state index is 11.6. The first-order chi connectivity index (χ1) is 7.91. The van der Waals surface area contributed by atoms with Crippen LogP contribution in [0, 0.1) is 6.92 Å².